The van der Waals surface area contributed by atoms with Crippen molar-refractivity contribution in [1.29, 1.82) is 0 Å². The summed E-state index contributed by atoms with van der Waals surface area (Å²) in [4.78, 5) is 11.7. The highest BCUT2D eigenvalue weighted by Gasteiger charge is 2.10. The van der Waals surface area contributed by atoms with E-state index in [0.717, 1.165) is 24.8 Å². The van der Waals surface area contributed by atoms with Gasteiger partial charge < -0.3 is 5.73 Å². The van der Waals surface area contributed by atoms with Crippen LogP contribution in [0.25, 0.3) is 0 Å². The molecule has 0 bridgehead atoms. The van der Waals surface area contributed by atoms with Gasteiger partial charge in [-0.15, -0.1) is 0 Å². The van der Waals surface area contributed by atoms with Crippen molar-refractivity contribution in [3.05, 3.63) is 33.8 Å². The number of hydrogen-bond acceptors (Lipinski definition) is 2. The SMILES string of the molecule is NCCCCCC(=O)Cc1c(Cl)cccc1Cl. The maximum absolute atomic E-state index is 11.7. The molecule has 0 fully saturated rings. The zero-order valence-corrected chi connectivity index (χ0v) is 11.2. The Kier molecular flexibility index (Phi) is 6.56. The van der Waals surface area contributed by atoms with Gasteiger partial charge in [-0.2, -0.15) is 0 Å². The zero-order valence-electron chi connectivity index (χ0n) is 9.72. The van der Waals surface area contributed by atoms with Gasteiger partial charge in [0.05, 0.1) is 0 Å². The number of hydrogen-bond donors (Lipinski definition) is 1. The summed E-state index contributed by atoms with van der Waals surface area (Å²) in [5, 5.41) is 1.13. The molecule has 0 aliphatic heterocycles. The molecule has 0 aliphatic carbocycles. The molecule has 1 aromatic rings. The van der Waals surface area contributed by atoms with Gasteiger partial charge in [0, 0.05) is 22.9 Å². The van der Waals surface area contributed by atoms with Crippen molar-refractivity contribution >= 4 is 29.0 Å². The number of unbranched alkanes of at least 4 members (excludes halogenated alkanes) is 2. The van der Waals surface area contributed by atoms with Crippen LogP contribution in [0.2, 0.25) is 10.0 Å². The van der Waals surface area contributed by atoms with Gasteiger partial charge in [-0.25, -0.2) is 0 Å². The van der Waals surface area contributed by atoms with E-state index in [1.807, 2.05) is 0 Å². The average molecular weight is 274 g/mol. The first-order chi connectivity index (χ1) is 8.15. The van der Waals surface area contributed by atoms with E-state index in [1.54, 1.807) is 18.2 Å². The summed E-state index contributed by atoms with van der Waals surface area (Å²) in [6.07, 6.45) is 3.75. The predicted molar refractivity (Wildman–Crippen MR) is 72.7 cm³/mol. The van der Waals surface area contributed by atoms with E-state index in [0.29, 0.717) is 29.4 Å². The van der Waals surface area contributed by atoms with Crippen molar-refractivity contribution in [2.24, 2.45) is 5.73 Å². The number of rotatable bonds is 7. The fourth-order valence-electron chi connectivity index (χ4n) is 1.63. The fraction of sp³-hybridized carbons (Fsp3) is 0.462. The molecule has 2 nitrogen and oxygen atoms in total. The molecule has 0 saturated heterocycles. The van der Waals surface area contributed by atoms with Gasteiger partial charge in [0.2, 0.25) is 0 Å². The van der Waals surface area contributed by atoms with Crippen molar-refractivity contribution in [3.63, 3.8) is 0 Å². The van der Waals surface area contributed by atoms with Crippen LogP contribution >= 0.6 is 23.2 Å². The van der Waals surface area contributed by atoms with Crippen LogP contribution in [-0.4, -0.2) is 12.3 Å². The summed E-state index contributed by atoms with van der Waals surface area (Å²) >= 11 is 12.0. The van der Waals surface area contributed by atoms with E-state index in [4.69, 9.17) is 28.9 Å². The van der Waals surface area contributed by atoms with E-state index < -0.39 is 0 Å². The molecular weight excluding hydrogens is 257 g/mol. The number of nitrogens with two attached hydrogens (primary N) is 1. The second-order valence-electron chi connectivity index (χ2n) is 4.01. The molecule has 4 heteroatoms. The lowest BCUT2D eigenvalue weighted by atomic mass is 10.0. The summed E-state index contributed by atoms with van der Waals surface area (Å²) in [5.41, 5.74) is 6.12. The highest BCUT2D eigenvalue weighted by molar-refractivity contribution is 6.36. The van der Waals surface area contributed by atoms with E-state index in [9.17, 15) is 4.79 Å². The Morgan fingerprint density at radius 1 is 1.12 bits per heavy atom. The van der Waals surface area contributed by atoms with Gasteiger partial charge >= 0.3 is 0 Å². The molecule has 94 valence electrons. The number of ketones is 1. The topological polar surface area (TPSA) is 43.1 Å². The van der Waals surface area contributed by atoms with Gasteiger partial charge in [0.1, 0.15) is 5.78 Å². The van der Waals surface area contributed by atoms with Crippen molar-refractivity contribution in [2.75, 3.05) is 6.54 Å². The van der Waals surface area contributed by atoms with Gasteiger partial charge in [0.25, 0.3) is 0 Å². The molecule has 1 aromatic carbocycles. The first-order valence-electron chi connectivity index (χ1n) is 5.80. The average Bonchev–Trinajstić information content (AvgIpc) is 2.30. The van der Waals surface area contributed by atoms with Crippen molar-refractivity contribution in [3.8, 4) is 0 Å². The Labute approximate surface area is 112 Å². The Bertz CT molecular complexity index is 359. The van der Waals surface area contributed by atoms with Crippen LogP contribution in [0, 0.1) is 0 Å². The number of halogens is 2. The van der Waals surface area contributed by atoms with E-state index in [-0.39, 0.29) is 5.78 Å². The molecule has 0 saturated carbocycles. The van der Waals surface area contributed by atoms with Gasteiger partial charge in [-0.1, -0.05) is 35.7 Å². The number of carbonyl (C=O) groups excluding carboxylic acids is 1. The van der Waals surface area contributed by atoms with Crippen molar-refractivity contribution in [1.82, 2.24) is 0 Å². The Morgan fingerprint density at radius 2 is 1.76 bits per heavy atom. The molecule has 0 amide bonds. The minimum Gasteiger partial charge on any atom is -0.330 e. The van der Waals surface area contributed by atoms with Gasteiger partial charge in [0.15, 0.2) is 0 Å². The second kappa shape index (κ2) is 7.70. The number of benzene rings is 1. The highest BCUT2D eigenvalue weighted by Crippen LogP contribution is 2.25. The zero-order chi connectivity index (χ0) is 12.7. The van der Waals surface area contributed by atoms with Crippen LogP contribution in [-0.2, 0) is 11.2 Å². The summed E-state index contributed by atoms with van der Waals surface area (Å²) in [5.74, 6) is 0.178. The Hall–Kier alpha value is -0.570. The normalized spacial score (nSPS) is 10.5. The lowest BCUT2D eigenvalue weighted by Crippen LogP contribution is -2.04. The maximum atomic E-state index is 11.7. The monoisotopic (exact) mass is 273 g/mol. The van der Waals surface area contributed by atoms with Crippen LogP contribution in [0.3, 0.4) is 0 Å². The molecule has 0 heterocycles. The minimum absolute atomic E-state index is 0.178. The Morgan fingerprint density at radius 3 is 2.35 bits per heavy atom. The summed E-state index contributed by atoms with van der Waals surface area (Å²) in [6.45, 7) is 0.685. The molecular formula is C13H17Cl2NO. The van der Waals surface area contributed by atoms with Crippen LogP contribution in [0.15, 0.2) is 18.2 Å². The third-order valence-electron chi connectivity index (χ3n) is 2.60. The standard InChI is InChI=1S/C13H17Cl2NO/c14-12-6-4-7-13(15)11(12)9-10(17)5-2-1-3-8-16/h4,6-7H,1-3,5,8-9,16H2. The molecule has 1 rings (SSSR count). The number of carbonyl (C=O) groups is 1. The molecule has 0 aliphatic rings. The second-order valence-corrected chi connectivity index (χ2v) is 4.83. The lowest BCUT2D eigenvalue weighted by Gasteiger charge is -2.06. The van der Waals surface area contributed by atoms with Crippen LogP contribution < -0.4 is 5.73 Å². The van der Waals surface area contributed by atoms with Crippen molar-refractivity contribution < 1.29 is 4.79 Å². The van der Waals surface area contributed by atoms with E-state index in [1.165, 1.54) is 0 Å². The fourth-order valence-corrected chi connectivity index (χ4v) is 2.16. The molecule has 0 atom stereocenters. The smallest absolute Gasteiger partial charge is 0.137 e. The first-order valence-corrected chi connectivity index (χ1v) is 6.55. The highest BCUT2D eigenvalue weighted by atomic mass is 35.5. The van der Waals surface area contributed by atoms with Crippen LogP contribution in [0.5, 0.6) is 0 Å². The molecule has 17 heavy (non-hydrogen) atoms. The summed E-state index contributed by atoms with van der Waals surface area (Å²) < 4.78 is 0. The van der Waals surface area contributed by atoms with Crippen LogP contribution in [0.1, 0.15) is 31.2 Å². The number of Topliss-reactive ketones (excluding diaryl/α,β-unsaturated/α-hetero) is 1. The van der Waals surface area contributed by atoms with Gasteiger partial charge in [-0.3, -0.25) is 4.79 Å². The molecule has 0 radical (unpaired) electrons. The Balaban J connectivity index is 2.45. The van der Waals surface area contributed by atoms with Gasteiger partial charge in [-0.05, 0) is 37.1 Å². The first kappa shape index (κ1) is 14.5. The minimum atomic E-state index is 0.178. The third kappa shape index (κ3) is 5.07. The largest absolute Gasteiger partial charge is 0.330 e. The molecule has 0 unspecified atom stereocenters. The van der Waals surface area contributed by atoms with E-state index >= 15 is 0 Å². The lowest BCUT2D eigenvalue weighted by molar-refractivity contribution is -0.118. The quantitative estimate of drug-likeness (QED) is 0.771. The van der Waals surface area contributed by atoms with Crippen LogP contribution in [0.4, 0.5) is 0 Å². The summed E-state index contributed by atoms with van der Waals surface area (Å²) in [7, 11) is 0. The third-order valence-corrected chi connectivity index (χ3v) is 3.30. The molecule has 0 aromatic heterocycles. The van der Waals surface area contributed by atoms with Crippen molar-refractivity contribution in [2.45, 2.75) is 32.1 Å². The molecule has 2 N–H and O–H groups in total. The summed E-state index contributed by atoms with van der Waals surface area (Å²) in [6, 6.07) is 5.29. The molecule has 0 spiro atoms. The maximum Gasteiger partial charge on any atom is 0.137 e. The predicted octanol–water partition coefficient (Wildman–Crippen LogP) is 3.62. The van der Waals surface area contributed by atoms with E-state index in [2.05, 4.69) is 0 Å².